The van der Waals surface area contributed by atoms with Crippen molar-refractivity contribution in [2.24, 2.45) is 0 Å². The predicted molar refractivity (Wildman–Crippen MR) is 32.6 cm³/mol. The summed E-state index contributed by atoms with van der Waals surface area (Å²) in [7, 11) is 0. The van der Waals surface area contributed by atoms with Crippen molar-refractivity contribution in [3.05, 3.63) is 24.8 Å². The molecule has 0 nitrogen and oxygen atoms in total. The van der Waals surface area contributed by atoms with Gasteiger partial charge in [0.2, 0.25) is 0 Å². The lowest BCUT2D eigenvalue weighted by Gasteiger charge is -1.97. The Labute approximate surface area is 73.5 Å². The quantitative estimate of drug-likeness (QED) is 0.548. The van der Waals surface area contributed by atoms with Crippen LogP contribution in [0.1, 0.15) is 0 Å². The molecule has 0 amide bonds. The first-order chi connectivity index (χ1) is 5.89. The minimum atomic E-state index is -4.86. The van der Waals surface area contributed by atoms with Crippen LogP contribution >= 0.6 is 0 Å². The van der Waals surface area contributed by atoms with E-state index in [2.05, 4.69) is 0 Å². The molecule has 0 N–H and O–H groups in total. The van der Waals surface area contributed by atoms with Gasteiger partial charge in [-0.25, -0.2) is 8.78 Å². The third-order valence-corrected chi connectivity index (χ3v) is 0.615. The highest BCUT2D eigenvalue weighted by molar-refractivity contribution is 4.89. The Morgan fingerprint density at radius 1 is 0.643 bits per heavy atom. The molecule has 0 aliphatic carbocycles. The van der Waals surface area contributed by atoms with E-state index >= 15 is 0 Å². The smallest absolute Gasteiger partial charge is 0.202 e. The maximum atomic E-state index is 10.9. The van der Waals surface area contributed by atoms with Gasteiger partial charge in [-0.15, -0.1) is 0 Å². The second-order valence-electron chi connectivity index (χ2n) is 1.81. The summed E-state index contributed by atoms with van der Waals surface area (Å²) in [6.45, 7) is 4.07. The van der Waals surface area contributed by atoms with Crippen molar-refractivity contribution in [2.75, 3.05) is 0 Å². The van der Waals surface area contributed by atoms with Crippen molar-refractivity contribution in [3.8, 4) is 0 Å². The SMILES string of the molecule is C=C(F)C(F)(F)F.C=C(F)C(F)(F)F. The van der Waals surface area contributed by atoms with Gasteiger partial charge >= 0.3 is 12.4 Å². The van der Waals surface area contributed by atoms with E-state index in [1.165, 1.54) is 0 Å². The molecule has 0 bridgehead atoms. The molecule has 0 aromatic heterocycles. The molecule has 0 aliphatic heterocycles. The Hall–Kier alpha value is -1.08. The van der Waals surface area contributed by atoms with Gasteiger partial charge < -0.3 is 0 Å². The summed E-state index contributed by atoms with van der Waals surface area (Å²) in [4.78, 5) is 0. The van der Waals surface area contributed by atoms with E-state index < -0.39 is 24.0 Å². The summed E-state index contributed by atoms with van der Waals surface area (Å²) >= 11 is 0. The number of halogens is 8. The predicted octanol–water partition coefficient (Wildman–Crippen LogP) is 4.06. The molecule has 0 fully saturated rings. The molecule has 0 saturated carbocycles. The van der Waals surface area contributed by atoms with Gasteiger partial charge in [-0.2, -0.15) is 26.3 Å². The summed E-state index contributed by atoms with van der Waals surface area (Å²) < 4.78 is 86.0. The Morgan fingerprint density at radius 2 is 0.714 bits per heavy atom. The summed E-state index contributed by atoms with van der Waals surface area (Å²) in [5.41, 5.74) is 0. The largest absolute Gasteiger partial charge is 0.442 e. The van der Waals surface area contributed by atoms with Crippen molar-refractivity contribution in [1.29, 1.82) is 0 Å². The number of hydrogen-bond acceptors (Lipinski definition) is 0. The van der Waals surface area contributed by atoms with Crippen LogP contribution in [0.5, 0.6) is 0 Å². The van der Waals surface area contributed by atoms with Crippen LogP contribution in [0.3, 0.4) is 0 Å². The standard InChI is InChI=1S/2C3H2F4/c2*1-2(4)3(5,6)7/h2*1H2. The molecule has 0 unspecified atom stereocenters. The number of hydrogen-bond donors (Lipinski definition) is 0. The fourth-order valence-electron chi connectivity index (χ4n) is 0. The lowest BCUT2D eigenvalue weighted by molar-refractivity contribution is -0.108. The normalized spacial score (nSPS) is 11.4. The van der Waals surface area contributed by atoms with Crippen LogP contribution < -0.4 is 0 Å². The molecule has 84 valence electrons. The Balaban J connectivity index is 0. The van der Waals surface area contributed by atoms with Crippen LogP contribution in [0, 0.1) is 0 Å². The van der Waals surface area contributed by atoms with Gasteiger partial charge in [0.05, 0.1) is 0 Å². The van der Waals surface area contributed by atoms with Crippen LogP contribution in [-0.4, -0.2) is 12.4 Å². The van der Waals surface area contributed by atoms with Gasteiger partial charge in [0.15, 0.2) is 11.7 Å². The lowest BCUT2D eigenvalue weighted by Crippen LogP contribution is -2.05. The van der Waals surface area contributed by atoms with Crippen molar-refractivity contribution >= 4 is 0 Å². The monoisotopic (exact) mass is 228 g/mol. The van der Waals surface area contributed by atoms with E-state index in [9.17, 15) is 35.1 Å². The second kappa shape index (κ2) is 4.97. The minimum absolute atomic E-state index is 2.03. The third-order valence-electron chi connectivity index (χ3n) is 0.615. The highest BCUT2D eigenvalue weighted by atomic mass is 19.4. The highest BCUT2D eigenvalue weighted by Crippen LogP contribution is 2.24. The van der Waals surface area contributed by atoms with Gasteiger partial charge in [-0.3, -0.25) is 0 Å². The molecule has 0 aromatic carbocycles. The Morgan fingerprint density at radius 3 is 0.714 bits per heavy atom. The third kappa shape index (κ3) is 9.01. The summed E-state index contributed by atoms with van der Waals surface area (Å²) in [5, 5.41) is 0. The van der Waals surface area contributed by atoms with Crippen molar-refractivity contribution in [2.45, 2.75) is 12.4 Å². The first-order valence-corrected chi connectivity index (χ1v) is 2.72. The molecule has 0 aliphatic rings. The van der Waals surface area contributed by atoms with Crippen molar-refractivity contribution in [1.82, 2.24) is 0 Å². The fraction of sp³-hybridized carbons (Fsp3) is 0.333. The minimum Gasteiger partial charge on any atom is -0.202 e. The van der Waals surface area contributed by atoms with E-state index in [1.54, 1.807) is 0 Å². The lowest BCUT2D eigenvalue weighted by atomic mass is 10.6. The van der Waals surface area contributed by atoms with Crippen LogP contribution in [0.2, 0.25) is 0 Å². The van der Waals surface area contributed by atoms with Gasteiger partial charge in [0.1, 0.15) is 0 Å². The van der Waals surface area contributed by atoms with Crippen molar-refractivity contribution in [3.63, 3.8) is 0 Å². The molecular formula is C6H4F8. The molecule has 8 heteroatoms. The topological polar surface area (TPSA) is 0 Å². The maximum absolute atomic E-state index is 10.9. The van der Waals surface area contributed by atoms with E-state index in [4.69, 9.17) is 0 Å². The van der Waals surface area contributed by atoms with E-state index in [0.29, 0.717) is 0 Å². The van der Waals surface area contributed by atoms with Crippen LogP contribution in [0.25, 0.3) is 0 Å². The zero-order valence-corrected chi connectivity index (χ0v) is 6.44. The molecule has 0 atom stereocenters. The highest BCUT2D eigenvalue weighted by Gasteiger charge is 2.32. The summed E-state index contributed by atoms with van der Waals surface area (Å²) in [6, 6.07) is 0. The molecule has 0 radical (unpaired) electrons. The zero-order valence-electron chi connectivity index (χ0n) is 6.44. The van der Waals surface area contributed by atoms with Crippen LogP contribution in [0.4, 0.5) is 35.1 Å². The molecule has 14 heavy (non-hydrogen) atoms. The fourth-order valence-corrected chi connectivity index (χ4v) is 0. The molecular weight excluding hydrogens is 224 g/mol. The average Bonchev–Trinajstić information content (AvgIpc) is 1.83. The van der Waals surface area contributed by atoms with Gasteiger partial charge in [0.25, 0.3) is 0 Å². The molecule has 0 aromatic rings. The average molecular weight is 228 g/mol. The second-order valence-corrected chi connectivity index (χ2v) is 1.81. The number of allylic oxidation sites excluding steroid dienone is 2. The first kappa shape index (κ1) is 15.4. The molecule has 0 spiro atoms. The van der Waals surface area contributed by atoms with Gasteiger partial charge in [-0.1, -0.05) is 13.2 Å². The van der Waals surface area contributed by atoms with Gasteiger partial charge in [0, 0.05) is 0 Å². The van der Waals surface area contributed by atoms with E-state index in [-0.39, 0.29) is 0 Å². The number of alkyl halides is 6. The van der Waals surface area contributed by atoms with Crippen LogP contribution in [-0.2, 0) is 0 Å². The zero-order chi connectivity index (χ0) is 12.2. The maximum Gasteiger partial charge on any atom is 0.442 e. The van der Waals surface area contributed by atoms with E-state index in [1.807, 2.05) is 13.2 Å². The summed E-state index contributed by atoms with van der Waals surface area (Å²) in [6.07, 6.45) is -9.72. The molecule has 0 heterocycles. The first-order valence-electron chi connectivity index (χ1n) is 2.72. The number of rotatable bonds is 0. The molecule has 0 rings (SSSR count). The van der Waals surface area contributed by atoms with E-state index in [0.717, 1.165) is 0 Å². The van der Waals surface area contributed by atoms with Crippen molar-refractivity contribution < 1.29 is 35.1 Å². The van der Waals surface area contributed by atoms with Gasteiger partial charge in [-0.05, 0) is 0 Å². The Bertz CT molecular complexity index is 183. The molecule has 0 saturated heterocycles. The Kier molecular flexibility index (Phi) is 5.46. The summed E-state index contributed by atoms with van der Waals surface area (Å²) in [5.74, 6) is -4.51. The van der Waals surface area contributed by atoms with Crippen LogP contribution in [0.15, 0.2) is 24.8 Å².